The fraction of sp³-hybridized carbons (Fsp3) is 0.259. The van der Waals surface area contributed by atoms with Crippen LogP contribution in [-0.4, -0.2) is 44.3 Å². The molecule has 0 N–H and O–H groups in total. The molecule has 3 aromatic carbocycles. The average molecular weight is 493 g/mol. The van der Waals surface area contributed by atoms with Gasteiger partial charge in [0.05, 0.1) is 17.0 Å². The van der Waals surface area contributed by atoms with E-state index in [2.05, 4.69) is 0 Å². The molecule has 0 saturated carbocycles. The van der Waals surface area contributed by atoms with E-state index in [0.717, 1.165) is 24.0 Å². The molecule has 7 nitrogen and oxygen atoms in total. The van der Waals surface area contributed by atoms with Gasteiger partial charge in [-0.05, 0) is 61.2 Å². The molecule has 1 saturated heterocycles. The second kappa shape index (κ2) is 10.8. The number of aryl methyl sites for hydroxylation is 1. The first-order chi connectivity index (χ1) is 16.8. The average Bonchev–Trinajstić information content (AvgIpc) is 3.42. The summed E-state index contributed by atoms with van der Waals surface area (Å²) in [6.45, 7) is 2.74. The minimum atomic E-state index is -3.66. The van der Waals surface area contributed by atoms with Gasteiger partial charge in [0, 0.05) is 18.8 Å². The van der Waals surface area contributed by atoms with Crippen molar-refractivity contribution < 1.29 is 22.7 Å². The normalized spacial score (nSPS) is 14.0. The van der Waals surface area contributed by atoms with Crippen LogP contribution in [0.1, 0.15) is 34.3 Å². The van der Waals surface area contributed by atoms with Crippen LogP contribution >= 0.6 is 0 Å². The Labute approximate surface area is 206 Å². The zero-order chi connectivity index (χ0) is 24.8. The van der Waals surface area contributed by atoms with E-state index in [9.17, 15) is 18.0 Å². The van der Waals surface area contributed by atoms with Crippen molar-refractivity contribution in [2.45, 2.75) is 31.2 Å². The third kappa shape index (κ3) is 5.96. The summed E-state index contributed by atoms with van der Waals surface area (Å²) in [6.07, 6.45) is 1.65. The van der Waals surface area contributed by atoms with Crippen molar-refractivity contribution >= 4 is 27.6 Å². The highest BCUT2D eigenvalue weighted by Crippen LogP contribution is 2.22. The van der Waals surface area contributed by atoms with E-state index in [1.807, 2.05) is 61.5 Å². The minimum absolute atomic E-state index is 0.0469. The molecule has 182 valence electrons. The molecule has 0 atom stereocenters. The maximum absolute atomic E-state index is 13.1. The van der Waals surface area contributed by atoms with Gasteiger partial charge < -0.3 is 9.64 Å². The van der Waals surface area contributed by atoms with E-state index in [-0.39, 0.29) is 16.4 Å². The summed E-state index contributed by atoms with van der Waals surface area (Å²) in [7, 11) is -3.66. The quantitative estimate of drug-likeness (QED) is 0.441. The molecule has 0 spiro atoms. The molecule has 0 aromatic heterocycles. The predicted octanol–water partition coefficient (Wildman–Crippen LogP) is 4.17. The van der Waals surface area contributed by atoms with Crippen LogP contribution in [0.3, 0.4) is 0 Å². The SMILES string of the molecule is Cc1cccc(N(Cc2ccccc2)C(=O)COC(=O)c2cccc(S(=O)(=O)N3CCCC3)c2)c1. The van der Waals surface area contributed by atoms with Crippen LogP contribution < -0.4 is 4.90 Å². The van der Waals surface area contributed by atoms with Crippen LogP contribution in [0.4, 0.5) is 5.69 Å². The lowest BCUT2D eigenvalue weighted by molar-refractivity contribution is -0.121. The Bertz CT molecular complexity index is 1300. The van der Waals surface area contributed by atoms with E-state index < -0.39 is 22.6 Å². The number of nitrogens with zero attached hydrogens (tertiary/aromatic N) is 2. The smallest absolute Gasteiger partial charge is 0.338 e. The number of carbonyl (C=O) groups excluding carboxylic acids is 2. The minimum Gasteiger partial charge on any atom is -0.452 e. The summed E-state index contributed by atoms with van der Waals surface area (Å²) in [5.74, 6) is -1.13. The standard InChI is InChI=1S/C27H28N2O5S/c1-21-9-7-13-24(17-21)29(19-22-10-3-2-4-11-22)26(30)20-34-27(31)23-12-8-14-25(18-23)35(32,33)28-15-5-6-16-28/h2-4,7-14,17-18H,5-6,15-16,19-20H2,1H3. The number of anilines is 1. The first kappa shape index (κ1) is 24.6. The molecule has 0 bridgehead atoms. The van der Waals surface area contributed by atoms with Gasteiger partial charge >= 0.3 is 5.97 Å². The number of carbonyl (C=O) groups is 2. The second-order valence-electron chi connectivity index (χ2n) is 8.52. The van der Waals surface area contributed by atoms with Crippen molar-refractivity contribution in [2.24, 2.45) is 0 Å². The van der Waals surface area contributed by atoms with E-state index in [4.69, 9.17) is 4.74 Å². The fourth-order valence-electron chi connectivity index (χ4n) is 4.03. The molecule has 1 fully saturated rings. The maximum Gasteiger partial charge on any atom is 0.338 e. The number of rotatable bonds is 8. The lowest BCUT2D eigenvalue weighted by Crippen LogP contribution is -2.34. The van der Waals surface area contributed by atoms with Crippen LogP contribution in [0.5, 0.6) is 0 Å². The topological polar surface area (TPSA) is 84.0 Å². The zero-order valence-corrected chi connectivity index (χ0v) is 20.4. The summed E-state index contributed by atoms with van der Waals surface area (Å²) in [5, 5.41) is 0. The van der Waals surface area contributed by atoms with Crippen molar-refractivity contribution in [3.05, 3.63) is 95.6 Å². The molecule has 1 amide bonds. The molecule has 0 unspecified atom stereocenters. The summed E-state index contributed by atoms with van der Waals surface area (Å²) in [6, 6.07) is 22.9. The van der Waals surface area contributed by atoms with Crippen molar-refractivity contribution in [1.29, 1.82) is 0 Å². The van der Waals surface area contributed by atoms with Gasteiger partial charge in [-0.3, -0.25) is 4.79 Å². The Morgan fingerprint density at radius 1 is 0.914 bits per heavy atom. The third-order valence-corrected chi connectivity index (χ3v) is 7.79. The predicted molar refractivity (Wildman–Crippen MR) is 134 cm³/mol. The number of hydrogen-bond donors (Lipinski definition) is 0. The van der Waals surface area contributed by atoms with E-state index in [1.54, 1.807) is 4.90 Å². The number of ether oxygens (including phenoxy) is 1. The highest BCUT2D eigenvalue weighted by molar-refractivity contribution is 7.89. The molecular weight excluding hydrogens is 464 g/mol. The van der Waals surface area contributed by atoms with Gasteiger partial charge in [-0.25, -0.2) is 13.2 Å². The lowest BCUT2D eigenvalue weighted by atomic mass is 10.1. The highest BCUT2D eigenvalue weighted by atomic mass is 32.2. The van der Waals surface area contributed by atoms with Crippen molar-refractivity contribution in [3.63, 3.8) is 0 Å². The third-order valence-electron chi connectivity index (χ3n) is 5.90. The van der Waals surface area contributed by atoms with E-state index in [0.29, 0.717) is 25.3 Å². The van der Waals surface area contributed by atoms with Crippen molar-refractivity contribution in [2.75, 3.05) is 24.6 Å². The number of esters is 1. The van der Waals surface area contributed by atoms with Gasteiger partial charge in [0.15, 0.2) is 6.61 Å². The summed E-state index contributed by atoms with van der Waals surface area (Å²) >= 11 is 0. The first-order valence-corrected chi connectivity index (χ1v) is 13.0. The van der Waals surface area contributed by atoms with E-state index in [1.165, 1.54) is 28.6 Å². The van der Waals surface area contributed by atoms with Crippen LogP contribution in [0.2, 0.25) is 0 Å². The summed E-state index contributed by atoms with van der Waals surface area (Å²) < 4.78 is 32.4. The molecule has 1 heterocycles. The monoisotopic (exact) mass is 492 g/mol. The second-order valence-corrected chi connectivity index (χ2v) is 10.5. The summed E-state index contributed by atoms with van der Waals surface area (Å²) in [4.78, 5) is 27.5. The van der Waals surface area contributed by atoms with Crippen LogP contribution in [0.15, 0.2) is 83.8 Å². The Kier molecular flexibility index (Phi) is 7.63. The largest absolute Gasteiger partial charge is 0.452 e. The van der Waals surface area contributed by atoms with Gasteiger partial charge in [-0.2, -0.15) is 4.31 Å². The molecule has 0 aliphatic carbocycles. The van der Waals surface area contributed by atoms with E-state index >= 15 is 0 Å². The zero-order valence-electron chi connectivity index (χ0n) is 19.6. The Hall–Kier alpha value is -3.49. The Morgan fingerprint density at radius 3 is 2.34 bits per heavy atom. The fourth-order valence-corrected chi connectivity index (χ4v) is 5.60. The van der Waals surface area contributed by atoms with Crippen LogP contribution in [0, 0.1) is 6.92 Å². The first-order valence-electron chi connectivity index (χ1n) is 11.5. The molecular formula is C27H28N2O5S. The number of benzene rings is 3. The summed E-state index contributed by atoms with van der Waals surface area (Å²) in [5.41, 5.74) is 2.73. The van der Waals surface area contributed by atoms with Gasteiger partial charge in [-0.15, -0.1) is 0 Å². The highest BCUT2D eigenvalue weighted by Gasteiger charge is 2.28. The Morgan fingerprint density at radius 2 is 1.63 bits per heavy atom. The lowest BCUT2D eigenvalue weighted by Gasteiger charge is -2.23. The Balaban J connectivity index is 1.48. The molecule has 0 radical (unpaired) electrons. The van der Waals surface area contributed by atoms with Crippen molar-refractivity contribution in [1.82, 2.24) is 4.31 Å². The molecule has 8 heteroatoms. The molecule has 1 aliphatic heterocycles. The number of sulfonamides is 1. The number of amides is 1. The van der Waals surface area contributed by atoms with Crippen LogP contribution in [-0.2, 0) is 26.1 Å². The molecule has 4 rings (SSSR count). The molecule has 1 aliphatic rings. The van der Waals surface area contributed by atoms with Gasteiger partial charge in [-0.1, -0.05) is 48.5 Å². The molecule has 35 heavy (non-hydrogen) atoms. The molecule has 3 aromatic rings. The van der Waals surface area contributed by atoms with Gasteiger partial charge in [0.25, 0.3) is 5.91 Å². The van der Waals surface area contributed by atoms with Crippen molar-refractivity contribution in [3.8, 4) is 0 Å². The number of hydrogen-bond acceptors (Lipinski definition) is 5. The maximum atomic E-state index is 13.1. The van der Waals surface area contributed by atoms with Crippen LogP contribution in [0.25, 0.3) is 0 Å². The van der Waals surface area contributed by atoms with Gasteiger partial charge in [0.1, 0.15) is 0 Å². The van der Waals surface area contributed by atoms with Gasteiger partial charge in [0.2, 0.25) is 10.0 Å².